The number of hydrogen-bond donors (Lipinski definition) is 0. The highest BCUT2D eigenvalue weighted by Crippen LogP contribution is 2.34. The Kier molecular flexibility index (Phi) is 5.67. The Balaban J connectivity index is 1.48. The Morgan fingerprint density at radius 2 is 2.03 bits per heavy atom. The summed E-state index contributed by atoms with van der Waals surface area (Å²) >= 11 is 8.32. The molecule has 0 atom stereocenters. The summed E-state index contributed by atoms with van der Waals surface area (Å²) in [5.41, 5.74) is 8.84. The lowest BCUT2D eigenvalue weighted by Gasteiger charge is -2.30. The molecule has 0 fully saturated rings. The highest BCUT2D eigenvalue weighted by Gasteiger charge is 2.30. The maximum absolute atomic E-state index is 13.4. The van der Waals surface area contributed by atoms with Crippen molar-refractivity contribution in [2.45, 2.75) is 19.8 Å². The Labute approximate surface area is 200 Å². The van der Waals surface area contributed by atoms with Gasteiger partial charge in [-0.05, 0) is 60.2 Å². The van der Waals surface area contributed by atoms with Gasteiger partial charge in [-0.15, -0.1) is 11.3 Å². The molecule has 3 heterocycles. The van der Waals surface area contributed by atoms with Crippen LogP contribution in [0.4, 0.5) is 5.82 Å². The monoisotopic (exact) mass is 470 g/mol. The summed E-state index contributed by atoms with van der Waals surface area (Å²) in [5.74, 6) is 0.222. The van der Waals surface area contributed by atoms with E-state index in [4.69, 9.17) is 11.6 Å². The molecule has 0 saturated heterocycles. The smallest absolute Gasteiger partial charge is 0.259 e. The van der Waals surface area contributed by atoms with Crippen molar-refractivity contribution in [2.75, 3.05) is 11.4 Å². The highest BCUT2D eigenvalue weighted by atomic mass is 35.5. The number of aromatic nitrogens is 2. The van der Waals surface area contributed by atoms with Gasteiger partial charge in [-0.1, -0.05) is 35.9 Å². The van der Waals surface area contributed by atoms with Crippen LogP contribution in [0.5, 0.6) is 0 Å². The average molecular weight is 471 g/mol. The Bertz CT molecular complexity index is 1390. The van der Waals surface area contributed by atoms with Gasteiger partial charge in [0.2, 0.25) is 0 Å². The summed E-state index contributed by atoms with van der Waals surface area (Å²) in [4.78, 5) is 23.7. The fraction of sp³-hybridized carbons (Fsp3) is 0.154. The number of carbonyl (C=O) groups excluding carboxylic acids is 1. The van der Waals surface area contributed by atoms with E-state index in [0.717, 1.165) is 33.5 Å². The molecule has 2 aromatic heterocycles. The largest absolute Gasteiger partial charge is 0.291 e. The number of pyridine rings is 1. The molecule has 2 aromatic carbocycles. The third kappa shape index (κ3) is 3.91. The van der Waals surface area contributed by atoms with Crippen molar-refractivity contribution in [1.29, 1.82) is 5.26 Å². The molecule has 0 N–H and O–H groups in total. The van der Waals surface area contributed by atoms with E-state index in [0.29, 0.717) is 41.4 Å². The molecule has 0 saturated carbocycles. The summed E-state index contributed by atoms with van der Waals surface area (Å²) in [6.45, 7) is 2.44. The first-order chi connectivity index (χ1) is 16.1. The van der Waals surface area contributed by atoms with Crippen molar-refractivity contribution < 1.29 is 4.79 Å². The Hall–Kier alpha value is -3.53. The van der Waals surface area contributed by atoms with Gasteiger partial charge in [0.25, 0.3) is 5.91 Å². The van der Waals surface area contributed by atoms with Gasteiger partial charge in [0.15, 0.2) is 5.82 Å². The van der Waals surface area contributed by atoms with Crippen LogP contribution in [0.25, 0.3) is 11.3 Å². The molecular weight excluding hydrogens is 452 g/mol. The number of halogens is 1. The number of thiazole rings is 1. The van der Waals surface area contributed by atoms with Gasteiger partial charge in [-0.2, -0.15) is 5.26 Å². The standard InChI is InChI=1S/C26H19ClN4OS/c1-16-20(11-17-4-6-18(7-5-17)23-14-33-15-30-23)12-22-21(24(16)27)8-10-31(26(22)32)25-19(13-28)3-2-9-29-25/h2-7,9,12,14-15H,8,10-11H2,1H3. The van der Waals surface area contributed by atoms with E-state index in [1.807, 2.05) is 23.9 Å². The number of carbonyl (C=O) groups is 1. The predicted octanol–water partition coefficient (Wildman–Crippen LogP) is 5.83. The van der Waals surface area contributed by atoms with Gasteiger partial charge in [0, 0.05) is 34.3 Å². The maximum atomic E-state index is 13.4. The molecule has 1 aliphatic heterocycles. The number of nitrogens with zero attached hydrogens (tertiary/aromatic N) is 4. The lowest BCUT2D eigenvalue weighted by molar-refractivity contribution is 0.0979. The lowest BCUT2D eigenvalue weighted by Crippen LogP contribution is -2.39. The Morgan fingerprint density at radius 3 is 2.76 bits per heavy atom. The maximum Gasteiger partial charge on any atom is 0.259 e. The molecule has 4 aromatic rings. The first-order valence-electron chi connectivity index (χ1n) is 10.5. The normalized spacial score (nSPS) is 13.0. The van der Waals surface area contributed by atoms with Gasteiger partial charge in [-0.25, -0.2) is 9.97 Å². The van der Waals surface area contributed by atoms with E-state index in [-0.39, 0.29) is 5.91 Å². The van der Waals surface area contributed by atoms with Crippen LogP contribution < -0.4 is 4.90 Å². The van der Waals surface area contributed by atoms with Crippen molar-refractivity contribution in [3.8, 4) is 17.3 Å². The van der Waals surface area contributed by atoms with Crippen molar-refractivity contribution in [3.05, 3.63) is 98.0 Å². The molecule has 0 radical (unpaired) electrons. The first kappa shape index (κ1) is 21.3. The molecule has 1 aliphatic rings. The number of rotatable bonds is 4. The van der Waals surface area contributed by atoms with Crippen LogP contribution in [0.3, 0.4) is 0 Å². The number of benzene rings is 2. The van der Waals surface area contributed by atoms with Gasteiger partial charge in [-0.3, -0.25) is 9.69 Å². The van der Waals surface area contributed by atoms with Crippen LogP contribution in [-0.2, 0) is 12.8 Å². The number of fused-ring (bicyclic) bond motifs is 1. The molecule has 0 aliphatic carbocycles. The highest BCUT2D eigenvalue weighted by molar-refractivity contribution is 7.07. The number of anilines is 1. The van der Waals surface area contributed by atoms with Crippen LogP contribution >= 0.6 is 22.9 Å². The molecule has 1 amide bonds. The van der Waals surface area contributed by atoms with Gasteiger partial charge in [0.05, 0.1) is 16.8 Å². The van der Waals surface area contributed by atoms with E-state index in [1.54, 1.807) is 34.6 Å². The number of nitriles is 1. The van der Waals surface area contributed by atoms with Crippen LogP contribution in [0, 0.1) is 18.3 Å². The molecule has 0 spiro atoms. The molecule has 162 valence electrons. The zero-order valence-corrected chi connectivity index (χ0v) is 19.5. The zero-order chi connectivity index (χ0) is 22.9. The molecule has 7 heteroatoms. The van der Waals surface area contributed by atoms with Crippen molar-refractivity contribution in [2.24, 2.45) is 0 Å². The molecule has 0 unspecified atom stereocenters. The van der Waals surface area contributed by atoms with E-state index in [9.17, 15) is 10.1 Å². The minimum absolute atomic E-state index is 0.173. The second-order valence-corrected chi connectivity index (χ2v) is 9.04. The van der Waals surface area contributed by atoms with E-state index in [2.05, 4.69) is 40.3 Å². The second-order valence-electron chi connectivity index (χ2n) is 7.94. The van der Waals surface area contributed by atoms with Gasteiger partial charge < -0.3 is 0 Å². The van der Waals surface area contributed by atoms with E-state index in [1.165, 1.54) is 0 Å². The third-order valence-corrected chi connectivity index (χ3v) is 7.12. The molecule has 0 bridgehead atoms. The number of amides is 1. The molecule has 33 heavy (non-hydrogen) atoms. The molecule has 5 nitrogen and oxygen atoms in total. The van der Waals surface area contributed by atoms with Crippen molar-refractivity contribution in [1.82, 2.24) is 9.97 Å². The fourth-order valence-electron chi connectivity index (χ4n) is 4.21. The number of hydrogen-bond acceptors (Lipinski definition) is 5. The van der Waals surface area contributed by atoms with Crippen LogP contribution in [-0.4, -0.2) is 22.4 Å². The lowest BCUT2D eigenvalue weighted by atomic mass is 9.90. The Morgan fingerprint density at radius 1 is 1.21 bits per heavy atom. The fourth-order valence-corrected chi connectivity index (χ4v) is 5.09. The van der Waals surface area contributed by atoms with Crippen LogP contribution in [0.1, 0.15) is 38.2 Å². The van der Waals surface area contributed by atoms with Crippen LogP contribution in [0.2, 0.25) is 5.02 Å². The zero-order valence-electron chi connectivity index (χ0n) is 17.9. The topological polar surface area (TPSA) is 69.9 Å². The summed E-state index contributed by atoms with van der Waals surface area (Å²) < 4.78 is 0. The van der Waals surface area contributed by atoms with Gasteiger partial charge >= 0.3 is 0 Å². The third-order valence-electron chi connectivity index (χ3n) is 6.02. The minimum atomic E-state index is -0.173. The second kappa shape index (κ2) is 8.78. The van der Waals surface area contributed by atoms with Gasteiger partial charge in [0.1, 0.15) is 6.07 Å². The molecular formula is C26H19ClN4OS. The summed E-state index contributed by atoms with van der Waals surface area (Å²) in [5, 5.41) is 12.1. The minimum Gasteiger partial charge on any atom is -0.291 e. The summed E-state index contributed by atoms with van der Waals surface area (Å²) in [6.07, 6.45) is 2.88. The first-order valence-corrected chi connectivity index (χ1v) is 11.8. The SMILES string of the molecule is Cc1c(Cc2ccc(-c3cscn3)cc2)cc2c(c1Cl)CCN(c1ncccc1C#N)C2=O. The van der Waals surface area contributed by atoms with E-state index < -0.39 is 0 Å². The van der Waals surface area contributed by atoms with E-state index >= 15 is 0 Å². The predicted molar refractivity (Wildman–Crippen MR) is 131 cm³/mol. The van der Waals surface area contributed by atoms with Crippen LogP contribution in [0.15, 0.2) is 59.6 Å². The summed E-state index contributed by atoms with van der Waals surface area (Å²) in [6, 6.07) is 15.8. The van der Waals surface area contributed by atoms with Crippen molar-refractivity contribution in [3.63, 3.8) is 0 Å². The average Bonchev–Trinajstić information content (AvgIpc) is 3.38. The van der Waals surface area contributed by atoms with Crippen molar-refractivity contribution >= 4 is 34.7 Å². The summed E-state index contributed by atoms with van der Waals surface area (Å²) in [7, 11) is 0. The quantitative estimate of drug-likeness (QED) is 0.376. The molecule has 5 rings (SSSR count).